The highest BCUT2D eigenvalue weighted by atomic mass is 79.9. The van der Waals surface area contributed by atoms with Crippen LogP contribution in [0.15, 0.2) is 34.9 Å². The molecule has 0 fully saturated rings. The zero-order chi connectivity index (χ0) is 14.7. The van der Waals surface area contributed by atoms with Crippen molar-refractivity contribution in [1.82, 2.24) is 4.98 Å². The molecule has 0 aliphatic rings. The summed E-state index contributed by atoms with van der Waals surface area (Å²) >= 11 is 9.18. The Hall–Kier alpha value is -2.17. The van der Waals surface area contributed by atoms with Crippen LogP contribution in [0.1, 0.15) is 5.56 Å². The van der Waals surface area contributed by atoms with Gasteiger partial charge in [0.05, 0.1) is 15.5 Å². The molecule has 0 unspecified atom stereocenters. The van der Waals surface area contributed by atoms with Crippen LogP contribution in [0.25, 0.3) is 0 Å². The van der Waals surface area contributed by atoms with E-state index in [0.29, 0.717) is 4.47 Å². The molecule has 0 aliphatic heterocycles. The van der Waals surface area contributed by atoms with Gasteiger partial charge in [0.2, 0.25) is 0 Å². The SMILES string of the molecule is N#Cc1cnc(Oc2cc(Br)ccc2Cl)c([N+](=O)[O-])c1. The van der Waals surface area contributed by atoms with Crippen molar-refractivity contribution in [3.05, 3.63) is 55.6 Å². The molecule has 2 rings (SSSR count). The van der Waals surface area contributed by atoms with Crippen molar-refractivity contribution < 1.29 is 9.66 Å². The number of pyridine rings is 1. The van der Waals surface area contributed by atoms with Crippen molar-refractivity contribution in [2.24, 2.45) is 0 Å². The van der Waals surface area contributed by atoms with E-state index in [1.165, 1.54) is 6.20 Å². The molecule has 1 aromatic heterocycles. The second kappa shape index (κ2) is 5.86. The number of hydrogen-bond acceptors (Lipinski definition) is 5. The van der Waals surface area contributed by atoms with E-state index >= 15 is 0 Å². The molecule has 8 heteroatoms. The van der Waals surface area contributed by atoms with Crippen LogP contribution in [0.3, 0.4) is 0 Å². The topological polar surface area (TPSA) is 89.0 Å². The summed E-state index contributed by atoms with van der Waals surface area (Å²) in [5, 5.41) is 20.0. The minimum atomic E-state index is -0.672. The standard InChI is InChI=1S/C12H5BrClN3O3/c13-8-1-2-9(14)11(4-8)20-12-10(17(18)19)3-7(5-15)6-16-12/h1-4,6H. The van der Waals surface area contributed by atoms with Gasteiger partial charge in [0.1, 0.15) is 11.8 Å². The summed E-state index contributed by atoms with van der Waals surface area (Å²) in [5.74, 6) is -0.00431. The summed E-state index contributed by atoms with van der Waals surface area (Å²) in [6.07, 6.45) is 1.19. The Morgan fingerprint density at radius 2 is 2.20 bits per heavy atom. The van der Waals surface area contributed by atoms with Gasteiger partial charge < -0.3 is 4.74 Å². The van der Waals surface area contributed by atoms with Crippen LogP contribution in [0.4, 0.5) is 5.69 Å². The van der Waals surface area contributed by atoms with E-state index in [9.17, 15) is 10.1 Å². The lowest BCUT2D eigenvalue weighted by atomic mass is 10.3. The summed E-state index contributed by atoms with van der Waals surface area (Å²) in [4.78, 5) is 14.1. The van der Waals surface area contributed by atoms with E-state index in [1.54, 1.807) is 24.3 Å². The van der Waals surface area contributed by atoms with Crippen LogP contribution < -0.4 is 4.74 Å². The molecule has 0 spiro atoms. The monoisotopic (exact) mass is 353 g/mol. The Bertz CT molecular complexity index is 730. The number of benzene rings is 1. The van der Waals surface area contributed by atoms with Crippen molar-refractivity contribution in [3.63, 3.8) is 0 Å². The Morgan fingerprint density at radius 1 is 1.45 bits per heavy atom. The van der Waals surface area contributed by atoms with Crippen molar-refractivity contribution in [3.8, 4) is 17.7 Å². The number of nitrogens with zero attached hydrogens (tertiary/aromatic N) is 3. The van der Waals surface area contributed by atoms with Gasteiger partial charge in [-0.05, 0) is 18.2 Å². The Kier molecular flexibility index (Phi) is 4.17. The van der Waals surface area contributed by atoms with Crippen molar-refractivity contribution in [1.29, 1.82) is 5.26 Å². The fraction of sp³-hybridized carbons (Fsp3) is 0. The Balaban J connectivity index is 2.46. The molecule has 0 N–H and O–H groups in total. The van der Waals surface area contributed by atoms with Crippen LogP contribution in [-0.2, 0) is 0 Å². The highest BCUT2D eigenvalue weighted by Crippen LogP contribution is 2.35. The van der Waals surface area contributed by atoms with Crippen LogP contribution in [0.2, 0.25) is 5.02 Å². The Labute approximate surface area is 126 Å². The van der Waals surface area contributed by atoms with Gasteiger partial charge in [-0.15, -0.1) is 0 Å². The van der Waals surface area contributed by atoms with E-state index in [0.717, 1.165) is 6.07 Å². The highest BCUT2D eigenvalue weighted by molar-refractivity contribution is 9.10. The van der Waals surface area contributed by atoms with Gasteiger partial charge in [-0.3, -0.25) is 10.1 Å². The number of ether oxygens (including phenoxy) is 1. The summed E-state index contributed by atoms with van der Waals surface area (Å²) in [6, 6.07) is 7.71. The third-order valence-corrected chi connectivity index (χ3v) is 3.06. The first-order chi connectivity index (χ1) is 9.51. The predicted molar refractivity (Wildman–Crippen MR) is 74.8 cm³/mol. The maximum absolute atomic E-state index is 11.0. The molecule has 0 saturated carbocycles. The average Bonchev–Trinajstić information content (AvgIpc) is 2.43. The first kappa shape index (κ1) is 14.2. The van der Waals surface area contributed by atoms with Crippen LogP contribution in [0.5, 0.6) is 11.6 Å². The lowest BCUT2D eigenvalue weighted by Gasteiger charge is -2.07. The molecule has 0 bridgehead atoms. The lowest BCUT2D eigenvalue weighted by Crippen LogP contribution is -1.97. The normalized spacial score (nSPS) is 9.85. The van der Waals surface area contributed by atoms with E-state index in [4.69, 9.17) is 21.6 Å². The van der Waals surface area contributed by atoms with E-state index in [2.05, 4.69) is 20.9 Å². The summed E-state index contributed by atoms with van der Waals surface area (Å²) in [7, 11) is 0. The summed E-state index contributed by atoms with van der Waals surface area (Å²) < 4.78 is 6.06. The van der Waals surface area contributed by atoms with Crippen molar-refractivity contribution >= 4 is 33.2 Å². The maximum Gasteiger partial charge on any atom is 0.332 e. The smallest absolute Gasteiger partial charge is 0.332 e. The molecule has 0 amide bonds. The molecule has 1 aromatic carbocycles. The number of nitriles is 1. The molecule has 0 atom stereocenters. The number of halogens is 2. The van der Waals surface area contributed by atoms with Gasteiger partial charge >= 0.3 is 5.69 Å². The predicted octanol–water partition coefficient (Wildman–Crippen LogP) is 4.07. The van der Waals surface area contributed by atoms with Gasteiger partial charge in [-0.25, -0.2) is 4.98 Å². The van der Waals surface area contributed by atoms with Crippen molar-refractivity contribution in [2.75, 3.05) is 0 Å². The quantitative estimate of drug-likeness (QED) is 0.612. The molecule has 0 aliphatic carbocycles. The molecular weight excluding hydrogens is 350 g/mol. The molecular formula is C12H5BrClN3O3. The largest absolute Gasteiger partial charge is 0.432 e. The number of hydrogen-bond donors (Lipinski definition) is 0. The molecule has 6 nitrogen and oxygen atoms in total. The van der Waals surface area contributed by atoms with Crippen LogP contribution in [0, 0.1) is 21.4 Å². The van der Waals surface area contributed by atoms with Gasteiger partial charge in [-0.1, -0.05) is 27.5 Å². The Morgan fingerprint density at radius 3 is 2.85 bits per heavy atom. The second-order valence-corrected chi connectivity index (χ2v) is 4.92. The molecule has 0 saturated heterocycles. The molecule has 100 valence electrons. The number of aromatic nitrogens is 1. The zero-order valence-electron chi connectivity index (χ0n) is 9.71. The van der Waals surface area contributed by atoms with Crippen LogP contribution >= 0.6 is 27.5 Å². The first-order valence-electron chi connectivity index (χ1n) is 5.18. The molecule has 2 aromatic rings. The van der Waals surface area contributed by atoms with E-state index < -0.39 is 10.6 Å². The van der Waals surface area contributed by atoms with Gasteiger partial charge in [0, 0.05) is 16.7 Å². The number of rotatable bonds is 3. The van der Waals surface area contributed by atoms with Crippen molar-refractivity contribution in [2.45, 2.75) is 0 Å². The van der Waals surface area contributed by atoms with Crippen LogP contribution in [-0.4, -0.2) is 9.91 Å². The van der Waals surface area contributed by atoms with Gasteiger partial charge in [0.25, 0.3) is 5.88 Å². The van der Waals surface area contributed by atoms with E-state index in [1.807, 2.05) is 0 Å². The van der Waals surface area contributed by atoms with Gasteiger partial charge in [0.15, 0.2) is 0 Å². The fourth-order valence-electron chi connectivity index (χ4n) is 1.37. The summed E-state index contributed by atoms with van der Waals surface area (Å²) in [5.41, 5.74) is -0.329. The second-order valence-electron chi connectivity index (χ2n) is 3.59. The zero-order valence-corrected chi connectivity index (χ0v) is 12.1. The first-order valence-corrected chi connectivity index (χ1v) is 6.36. The third kappa shape index (κ3) is 3.04. The molecule has 1 heterocycles. The highest BCUT2D eigenvalue weighted by Gasteiger charge is 2.19. The maximum atomic E-state index is 11.0. The molecule has 0 radical (unpaired) electrons. The number of nitro groups is 1. The molecule has 20 heavy (non-hydrogen) atoms. The van der Waals surface area contributed by atoms with E-state index in [-0.39, 0.29) is 22.2 Å². The fourth-order valence-corrected chi connectivity index (χ4v) is 1.87. The third-order valence-electron chi connectivity index (χ3n) is 2.26. The van der Waals surface area contributed by atoms with Gasteiger partial charge in [-0.2, -0.15) is 5.26 Å². The lowest BCUT2D eigenvalue weighted by molar-refractivity contribution is -0.386. The summed E-state index contributed by atoms with van der Waals surface area (Å²) in [6.45, 7) is 0. The minimum Gasteiger partial charge on any atom is -0.432 e. The minimum absolute atomic E-state index is 0.0735. The average molecular weight is 355 g/mol.